The highest BCUT2D eigenvalue weighted by Gasteiger charge is 2.20. The fourth-order valence-corrected chi connectivity index (χ4v) is 2.91. The molecule has 0 saturated heterocycles. The molecule has 1 aliphatic carbocycles. The van der Waals surface area contributed by atoms with Crippen molar-refractivity contribution in [3.8, 4) is 5.75 Å². The number of hydrogen-bond donors (Lipinski definition) is 1. The topological polar surface area (TPSA) is 21.3 Å². The lowest BCUT2D eigenvalue weighted by Gasteiger charge is -2.29. The number of hydrogen-bond acceptors (Lipinski definition) is 2. The summed E-state index contributed by atoms with van der Waals surface area (Å²) in [7, 11) is 0. The number of benzene rings is 1. The van der Waals surface area contributed by atoms with Gasteiger partial charge in [0.2, 0.25) is 0 Å². The molecule has 1 saturated carbocycles. The summed E-state index contributed by atoms with van der Waals surface area (Å²) in [5, 5.41) is 3.72. The molecular formula is C18H29NO. The van der Waals surface area contributed by atoms with Crippen LogP contribution in [0.4, 0.5) is 0 Å². The molecule has 20 heavy (non-hydrogen) atoms. The van der Waals surface area contributed by atoms with Gasteiger partial charge in [-0.1, -0.05) is 45.2 Å². The van der Waals surface area contributed by atoms with Crippen LogP contribution in [-0.4, -0.2) is 12.6 Å². The van der Waals surface area contributed by atoms with Gasteiger partial charge in [0, 0.05) is 12.6 Å². The Morgan fingerprint density at radius 3 is 2.60 bits per heavy atom. The van der Waals surface area contributed by atoms with Crippen molar-refractivity contribution in [2.75, 3.05) is 6.61 Å². The van der Waals surface area contributed by atoms with E-state index in [0.717, 1.165) is 31.2 Å². The normalized spacial score (nSPS) is 22.7. The largest absolute Gasteiger partial charge is 0.494 e. The van der Waals surface area contributed by atoms with Crippen LogP contribution in [0.15, 0.2) is 24.3 Å². The molecule has 0 bridgehead atoms. The van der Waals surface area contributed by atoms with Crippen LogP contribution in [0, 0.1) is 5.92 Å². The van der Waals surface area contributed by atoms with Gasteiger partial charge in [-0.15, -0.1) is 0 Å². The Labute approximate surface area is 123 Å². The van der Waals surface area contributed by atoms with Crippen molar-refractivity contribution in [1.29, 1.82) is 0 Å². The molecule has 0 heterocycles. The van der Waals surface area contributed by atoms with Crippen molar-refractivity contribution in [2.24, 2.45) is 5.92 Å². The van der Waals surface area contributed by atoms with E-state index in [1.807, 2.05) is 0 Å². The standard InChI is InChI=1S/C18H29NO/c1-3-4-13-20-17-11-9-16(10-12-17)14-19-18-8-6-5-7-15(18)2/h9-12,15,18-19H,3-8,13-14H2,1-2H3. The Kier molecular flexibility index (Phi) is 6.38. The van der Waals surface area contributed by atoms with Crippen LogP contribution in [0.2, 0.25) is 0 Å². The van der Waals surface area contributed by atoms with Crippen molar-refractivity contribution in [2.45, 2.75) is 65.0 Å². The third kappa shape index (κ3) is 4.82. The molecule has 2 heteroatoms. The maximum atomic E-state index is 5.69. The van der Waals surface area contributed by atoms with Crippen molar-refractivity contribution in [3.05, 3.63) is 29.8 Å². The molecule has 0 aromatic heterocycles. The van der Waals surface area contributed by atoms with Crippen molar-refractivity contribution in [3.63, 3.8) is 0 Å². The molecule has 2 atom stereocenters. The van der Waals surface area contributed by atoms with Gasteiger partial charge in [0.1, 0.15) is 5.75 Å². The Morgan fingerprint density at radius 2 is 1.90 bits per heavy atom. The number of nitrogens with one attached hydrogen (secondary N) is 1. The van der Waals surface area contributed by atoms with E-state index in [-0.39, 0.29) is 0 Å². The van der Waals surface area contributed by atoms with Gasteiger partial charge in [-0.2, -0.15) is 0 Å². The number of rotatable bonds is 7. The molecule has 2 rings (SSSR count). The van der Waals surface area contributed by atoms with Crippen LogP contribution in [0.5, 0.6) is 5.75 Å². The lowest BCUT2D eigenvalue weighted by molar-refractivity contribution is 0.279. The zero-order valence-electron chi connectivity index (χ0n) is 13.0. The van der Waals surface area contributed by atoms with Crippen LogP contribution in [0.25, 0.3) is 0 Å². The van der Waals surface area contributed by atoms with Crippen molar-refractivity contribution < 1.29 is 4.74 Å². The molecule has 0 amide bonds. The Bertz CT molecular complexity index is 374. The SMILES string of the molecule is CCCCOc1ccc(CNC2CCCCC2C)cc1. The first-order valence-corrected chi connectivity index (χ1v) is 8.24. The summed E-state index contributed by atoms with van der Waals surface area (Å²) in [6.07, 6.45) is 7.81. The molecule has 2 unspecified atom stereocenters. The zero-order valence-corrected chi connectivity index (χ0v) is 13.0. The Balaban J connectivity index is 1.75. The number of ether oxygens (including phenoxy) is 1. The van der Waals surface area contributed by atoms with Gasteiger partial charge < -0.3 is 10.1 Å². The second kappa shape index (κ2) is 8.31. The van der Waals surface area contributed by atoms with Crippen LogP contribution in [0.1, 0.15) is 57.9 Å². The lowest BCUT2D eigenvalue weighted by atomic mass is 9.86. The molecule has 0 spiro atoms. The quantitative estimate of drug-likeness (QED) is 0.738. The predicted octanol–water partition coefficient (Wildman–Crippen LogP) is 4.53. The van der Waals surface area contributed by atoms with E-state index >= 15 is 0 Å². The van der Waals surface area contributed by atoms with Gasteiger partial charge in [-0.25, -0.2) is 0 Å². The molecule has 1 aromatic rings. The first-order valence-electron chi connectivity index (χ1n) is 8.24. The van der Waals surface area contributed by atoms with E-state index in [1.54, 1.807) is 0 Å². The molecular weight excluding hydrogens is 246 g/mol. The van der Waals surface area contributed by atoms with Crippen LogP contribution in [0.3, 0.4) is 0 Å². The summed E-state index contributed by atoms with van der Waals surface area (Å²) in [5.74, 6) is 1.81. The highest BCUT2D eigenvalue weighted by Crippen LogP contribution is 2.24. The monoisotopic (exact) mass is 275 g/mol. The zero-order chi connectivity index (χ0) is 14.2. The van der Waals surface area contributed by atoms with E-state index in [2.05, 4.69) is 43.4 Å². The van der Waals surface area contributed by atoms with Gasteiger partial charge in [-0.3, -0.25) is 0 Å². The van der Waals surface area contributed by atoms with Gasteiger partial charge in [-0.05, 0) is 42.9 Å². The molecule has 0 aliphatic heterocycles. The van der Waals surface area contributed by atoms with E-state index in [0.29, 0.717) is 6.04 Å². The summed E-state index contributed by atoms with van der Waals surface area (Å²) in [6, 6.07) is 9.25. The highest BCUT2D eigenvalue weighted by atomic mass is 16.5. The minimum Gasteiger partial charge on any atom is -0.494 e. The summed E-state index contributed by atoms with van der Waals surface area (Å²) in [6.45, 7) is 6.36. The molecule has 2 nitrogen and oxygen atoms in total. The van der Waals surface area contributed by atoms with E-state index in [1.165, 1.54) is 37.7 Å². The molecule has 1 aromatic carbocycles. The van der Waals surface area contributed by atoms with E-state index in [9.17, 15) is 0 Å². The van der Waals surface area contributed by atoms with Gasteiger partial charge in [0.25, 0.3) is 0 Å². The minimum absolute atomic E-state index is 0.698. The lowest BCUT2D eigenvalue weighted by Crippen LogP contribution is -2.36. The second-order valence-corrected chi connectivity index (χ2v) is 6.10. The molecule has 0 radical (unpaired) electrons. The summed E-state index contributed by atoms with van der Waals surface area (Å²) >= 11 is 0. The fraction of sp³-hybridized carbons (Fsp3) is 0.667. The minimum atomic E-state index is 0.698. The smallest absolute Gasteiger partial charge is 0.119 e. The molecule has 1 N–H and O–H groups in total. The summed E-state index contributed by atoms with van der Waals surface area (Å²) < 4.78 is 5.69. The summed E-state index contributed by atoms with van der Waals surface area (Å²) in [4.78, 5) is 0. The molecule has 1 aliphatic rings. The molecule has 1 fully saturated rings. The average Bonchev–Trinajstić information content (AvgIpc) is 2.48. The van der Waals surface area contributed by atoms with Gasteiger partial charge in [0.05, 0.1) is 6.61 Å². The maximum absolute atomic E-state index is 5.69. The first kappa shape index (κ1) is 15.4. The van der Waals surface area contributed by atoms with Crippen LogP contribution in [-0.2, 0) is 6.54 Å². The number of unbranched alkanes of at least 4 members (excludes halogenated alkanes) is 1. The van der Waals surface area contributed by atoms with Gasteiger partial charge in [0.15, 0.2) is 0 Å². The van der Waals surface area contributed by atoms with Crippen molar-refractivity contribution in [1.82, 2.24) is 5.32 Å². The van der Waals surface area contributed by atoms with Crippen LogP contribution < -0.4 is 10.1 Å². The van der Waals surface area contributed by atoms with E-state index in [4.69, 9.17) is 4.74 Å². The Hall–Kier alpha value is -1.02. The predicted molar refractivity (Wildman–Crippen MR) is 85.1 cm³/mol. The second-order valence-electron chi connectivity index (χ2n) is 6.10. The third-order valence-electron chi connectivity index (χ3n) is 4.37. The molecule has 112 valence electrons. The van der Waals surface area contributed by atoms with E-state index < -0.39 is 0 Å². The maximum Gasteiger partial charge on any atom is 0.119 e. The van der Waals surface area contributed by atoms with Gasteiger partial charge >= 0.3 is 0 Å². The average molecular weight is 275 g/mol. The third-order valence-corrected chi connectivity index (χ3v) is 4.37. The van der Waals surface area contributed by atoms with Crippen molar-refractivity contribution >= 4 is 0 Å². The Morgan fingerprint density at radius 1 is 1.15 bits per heavy atom. The highest BCUT2D eigenvalue weighted by molar-refractivity contribution is 5.27. The first-order chi connectivity index (χ1) is 9.79. The van der Waals surface area contributed by atoms with Crippen LogP contribution >= 0.6 is 0 Å². The fourth-order valence-electron chi connectivity index (χ4n) is 2.91. The summed E-state index contributed by atoms with van der Waals surface area (Å²) in [5.41, 5.74) is 1.35.